The van der Waals surface area contributed by atoms with E-state index in [-0.39, 0.29) is 0 Å². The lowest BCUT2D eigenvalue weighted by molar-refractivity contribution is -1.03. The molecule has 0 atom stereocenters. The van der Waals surface area contributed by atoms with Gasteiger partial charge in [-0.25, -0.2) is 0 Å². The molecule has 0 aromatic rings. The summed E-state index contributed by atoms with van der Waals surface area (Å²) >= 11 is 0. The molecule has 0 radical (unpaired) electrons. The maximum absolute atomic E-state index is 2.38. The van der Waals surface area contributed by atoms with Crippen molar-refractivity contribution >= 4 is 0 Å². The summed E-state index contributed by atoms with van der Waals surface area (Å²) in [5.74, 6) is 0. The van der Waals surface area contributed by atoms with Gasteiger partial charge in [0.05, 0.1) is 26.2 Å². The average Bonchev–Trinajstić information content (AvgIpc) is 2.36. The van der Waals surface area contributed by atoms with E-state index in [4.69, 9.17) is 0 Å². The first-order valence-electron chi connectivity index (χ1n) is 7.94. The van der Waals surface area contributed by atoms with Crippen LogP contribution in [0.1, 0.15) is 46.0 Å². The molecule has 100 valence electrons. The molecule has 0 aromatic carbocycles. The van der Waals surface area contributed by atoms with Gasteiger partial charge in [0.15, 0.2) is 0 Å². The SMILES string of the molecule is CC[N+]1(CC)CC[N+]2(CCCCCCC2)CC1. The Labute approximate surface area is 108 Å². The quantitative estimate of drug-likeness (QED) is 0.651. The lowest BCUT2D eigenvalue weighted by Crippen LogP contribution is -2.67. The topological polar surface area (TPSA) is 0 Å². The van der Waals surface area contributed by atoms with Gasteiger partial charge >= 0.3 is 0 Å². The maximum atomic E-state index is 2.38. The van der Waals surface area contributed by atoms with Crippen molar-refractivity contribution in [3.05, 3.63) is 0 Å². The molecule has 0 saturated carbocycles. The second-order valence-electron chi connectivity index (χ2n) is 6.43. The van der Waals surface area contributed by atoms with Crippen molar-refractivity contribution in [3.8, 4) is 0 Å². The second-order valence-corrected chi connectivity index (χ2v) is 6.43. The molecule has 0 aromatic heterocycles. The number of piperazine rings is 1. The van der Waals surface area contributed by atoms with Crippen molar-refractivity contribution in [2.45, 2.75) is 46.0 Å². The molecule has 1 spiro atoms. The van der Waals surface area contributed by atoms with Gasteiger partial charge in [0, 0.05) is 0 Å². The van der Waals surface area contributed by atoms with Gasteiger partial charge in [-0.2, -0.15) is 0 Å². The van der Waals surface area contributed by atoms with E-state index in [9.17, 15) is 0 Å². The largest absolute Gasteiger partial charge is 0.315 e. The molecule has 2 aliphatic rings. The smallest absolute Gasteiger partial charge is 0.129 e. The molecule has 2 nitrogen and oxygen atoms in total. The van der Waals surface area contributed by atoms with Crippen LogP contribution >= 0.6 is 0 Å². The summed E-state index contributed by atoms with van der Waals surface area (Å²) in [7, 11) is 0. The van der Waals surface area contributed by atoms with Gasteiger partial charge in [-0.1, -0.05) is 6.42 Å². The summed E-state index contributed by atoms with van der Waals surface area (Å²) in [4.78, 5) is 0. The fourth-order valence-corrected chi connectivity index (χ4v) is 3.91. The van der Waals surface area contributed by atoms with Crippen molar-refractivity contribution in [2.75, 3.05) is 52.4 Å². The lowest BCUT2D eigenvalue weighted by Gasteiger charge is -2.50. The van der Waals surface area contributed by atoms with Crippen LogP contribution in [0.2, 0.25) is 0 Å². The molecular weight excluding hydrogens is 208 g/mol. The summed E-state index contributed by atoms with van der Waals surface area (Å²) in [5.41, 5.74) is 0. The Kier molecular flexibility index (Phi) is 4.48. The van der Waals surface area contributed by atoms with Crippen LogP contribution in [0.25, 0.3) is 0 Å². The Balaban J connectivity index is 1.94. The van der Waals surface area contributed by atoms with Gasteiger partial charge in [-0.3, -0.25) is 0 Å². The zero-order valence-electron chi connectivity index (χ0n) is 12.1. The highest BCUT2D eigenvalue weighted by atomic mass is 15.5. The Morgan fingerprint density at radius 3 is 1.53 bits per heavy atom. The molecule has 0 aliphatic carbocycles. The summed E-state index contributed by atoms with van der Waals surface area (Å²) < 4.78 is 2.86. The molecule has 2 fully saturated rings. The molecule has 0 amide bonds. The van der Waals surface area contributed by atoms with Gasteiger partial charge in [0.2, 0.25) is 0 Å². The van der Waals surface area contributed by atoms with E-state index in [1.165, 1.54) is 93.4 Å². The summed E-state index contributed by atoms with van der Waals surface area (Å²) in [6.07, 6.45) is 7.43. The van der Waals surface area contributed by atoms with E-state index >= 15 is 0 Å². The maximum Gasteiger partial charge on any atom is 0.129 e. The van der Waals surface area contributed by atoms with Gasteiger partial charge < -0.3 is 8.97 Å². The van der Waals surface area contributed by atoms with Crippen LogP contribution in [0.15, 0.2) is 0 Å². The molecule has 17 heavy (non-hydrogen) atoms. The van der Waals surface area contributed by atoms with Crippen molar-refractivity contribution in [1.82, 2.24) is 0 Å². The van der Waals surface area contributed by atoms with E-state index in [1.54, 1.807) is 0 Å². The van der Waals surface area contributed by atoms with Gasteiger partial charge in [-0.15, -0.1) is 0 Å². The molecule has 2 saturated heterocycles. The molecule has 0 unspecified atom stereocenters. The minimum absolute atomic E-state index is 1.34. The predicted molar refractivity (Wildman–Crippen MR) is 73.9 cm³/mol. The van der Waals surface area contributed by atoms with Crippen molar-refractivity contribution in [1.29, 1.82) is 0 Å². The van der Waals surface area contributed by atoms with Crippen LogP contribution in [-0.4, -0.2) is 61.3 Å². The number of rotatable bonds is 2. The Bertz CT molecular complexity index is 213. The fraction of sp³-hybridized carbons (Fsp3) is 1.00. The molecule has 2 heteroatoms. The van der Waals surface area contributed by atoms with Crippen LogP contribution in [-0.2, 0) is 0 Å². The Morgan fingerprint density at radius 2 is 1.06 bits per heavy atom. The van der Waals surface area contributed by atoms with E-state index in [0.717, 1.165) is 0 Å². The normalized spacial score (nSPS) is 28.6. The Hall–Kier alpha value is -0.0800. The first-order valence-corrected chi connectivity index (χ1v) is 7.94. The first kappa shape index (κ1) is 13.4. The number of quaternary nitrogens is 2. The first-order chi connectivity index (χ1) is 8.24. The number of likely N-dealkylation sites (N-methyl/N-ethyl adjacent to an activating group) is 1. The van der Waals surface area contributed by atoms with Crippen LogP contribution in [0.3, 0.4) is 0 Å². The summed E-state index contributed by atoms with van der Waals surface area (Å²) in [6, 6.07) is 0. The van der Waals surface area contributed by atoms with Crippen LogP contribution in [0.4, 0.5) is 0 Å². The molecular formula is C15H32N2+2. The summed E-state index contributed by atoms with van der Waals surface area (Å²) in [6.45, 7) is 16.2. The molecule has 2 heterocycles. The molecule has 2 aliphatic heterocycles. The lowest BCUT2D eigenvalue weighted by atomic mass is 10.0. The van der Waals surface area contributed by atoms with E-state index < -0.39 is 0 Å². The van der Waals surface area contributed by atoms with E-state index in [0.29, 0.717) is 0 Å². The molecule has 0 N–H and O–H groups in total. The van der Waals surface area contributed by atoms with Gasteiger partial charge in [0.25, 0.3) is 0 Å². The standard InChI is InChI=1S/C15H32N2/c1-3-16(4-2)12-14-17(15-13-16)10-8-6-5-7-9-11-17/h3-15H2,1-2H3/q+2. The third-order valence-electron chi connectivity index (χ3n) is 5.70. The molecule has 2 rings (SSSR count). The number of hydrogen-bond donors (Lipinski definition) is 0. The summed E-state index contributed by atoms with van der Waals surface area (Å²) in [5, 5.41) is 0. The average molecular weight is 240 g/mol. The highest BCUT2D eigenvalue weighted by Crippen LogP contribution is 2.24. The second kappa shape index (κ2) is 5.71. The zero-order valence-corrected chi connectivity index (χ0v) is 12.1. The number of hydrogen-bond acceptors (Lipinski definition) is 0. The minimum atomic E-state index is 1.34. The highest BCUT2D eigenvalue weighted by molar-refractivity contribution is 4.58. The van der Waals surface area contributed by atoms with E-state index in [2.05, 4.69) is 13.8 Å². The van der Waals surface area contributed by atoms with Crippen molar-refractivity contribution in [3.63, 3.8) is 0 Å². The van der Waals surface area contributed by atoms with Crippen molar-refractivity contribution < 1.29 is 8.97 Å². The highest BCUT2D eigenvalue weighted by Gasteiger charge is 2.39. The van der Waals surface area contributed by atoms with Crippen LogP contribution in [0.5, 0.6) is 0 Å². The monoisotopic (exact) mass is 240 g/mol. The van der Waals surface area contributed by atoms with E-state index in [1.807, 2.05) is 0 Å². The predicted octanol–water partition coefficient (Wildman–Crippen LogP) is 2.64. The Morgan fingerprint density at radius 1 is 0.588 bits per heavy atom. The fourth-order valence-electron chi connectivity index (χ4n) is 3.91. The third-order valence-corrected chi connectivity index (χ3v) is 5.70. The third kappa shape index (κ3) is 3.03. The molecule has 0 bridgehead atoms. The van der Waals surface area contributed by atoms with Crippen LogP contribution < -0.4 is 0 Å². The minimum Gasteiger partial charge on any atom is -0.315 e. The van der Waals surface area contributed by atoms with Gasteiger partial charge in [0.1, 0.15) is 26.2 Å². The van der Waals surface area contributed by atoms with Gasteiger partial charge in [-0.05, 0) is 39.5 Å². The number of nitrogens with zero attached hydrogens (tertiary/aromatic N) is 2. The van der Waals surface area contributed by atoms with Crippen molar-refractivity contribution in [2.24, 2.45) is 0 Å². The zero-order chi connectivity index (χ0) is 12.2. The van der Waals surface area contributed by atoms with Crippen LogP contribution in [0, 0.1) is 0 Å².